The second-order valence-corrected chi connectivity index (χ2v) is 2.10. The Bertz CT molecular complexity index is 81.8. The van der Waals surface area contributed by atoms with Gasteiger partial charge >= 0.3 is 29.5 Å². The molecular weight excluding hydrogens is 195 g/mol. The summed E-state index contributed by atoms with van der Waals surface area (Å²) in [5.41, 5.74) is 0. The van der Waals surface area contributed by atoms with Gasteiger partial charge in [0.2, 0.25) is 0 Å². The molecule has 2 heteroatoms. The van der Waals surface area contributed by atoms with E-state index in [2.05, 4.69) is 24.3 Å². The first kappa shape index (κ1) is 12.9. The zero-order valence-electron chi connectivity index (χ0n) is 5.82. The molecule has 0 aromatic carbocycles. The summed E-state index contributed by atoms with van der Waals surface area (Å²) in [5, 5.41) is 0. The fourth-order valence-corrected chi connectivity index (χ4v) is 0.856. The van der Waals surface area contributed by atoms with E-state index in [0.717, 1.165) is 0 Å². The van der Waals surface area contributed by atoms with Crippen LogP contribution in [0.1, 0.15) is 25.7 Å². The topological polar surface area (TPSA) is 0 Å². The van der Waals surface area contributed by atoms with Gasteiger partial charge in [-0.1, -0.05) is 24.3 Å². The normalized spacial score (nSPS) is 16.0. The zero-order chi connectivity index (χ0) is 5.66. The minimum atomic E-state index is 0. The minimum Gasteiger partial charge on any atom is -0.0882 e. The first-order chi connectivity index (χ1) is 4.00. The molecule has 0 amide bonds. The number of hydrogen-bond donors (Lipinski definition) is 0. The fourth-order valence-electron chi connectivity index (χ4n) is 0.856. The van der Waals surface area contributed by atoms with Crippen LogP contribution in [0.3, 0.4) is 0 Å². The molecule has 0 saturated carbocycles. The average molecular weight is 207 g/mol. The standard InChI is InChI=1S/C8H12.Cl.Cu/c1-2-4-6-8-7-5-3-1;;/h1-2,7-8H,3-6H2;;/q;2*+1. The van der Waals surface area contributed by atoms with Gasteiger partial charge in [0.15, 0.2) is 0 Å². The number of halogens is 1. The van der Waals surface area contributed by atoms with Crippen molar-refractivity contribution in [2.45, 2.75) is 25.7 Å². The van der Waals surface area contributed by atoms with Crippen molar-refractivity contribution in [3.05, 3.63) is 24.3 Å². The number of allylic oxidation sites excluding steroid dienone is 4. The molecule has 1 aliphatic rings. The van der Waals surface area contributed by atoms with E-state index in [-0.39, 0.29) is 29.5 Å². The van der Waals surface area contributed by atoms with Gasteiger partial charge in [-0.2, -0.15) is 0 Å². The van der Waals surface area contributed by atoms with Crippen LogP contribution in [0, 0.1) is 12.4 Å². The molecule has 0 atom stereocenters. The van der Waals surface area contributed by atoms with E-state index in [4.69, 9.17) is 0 Å². The molecule has 0 unspecified atom stereocenters. The van der Waals surface area contributed by atoms with Gasteiger partial charge in [0.25, 0.3) is 0 Å². The van der Waals surface area contributed by atoms with Crippen LogP contribution in [-0.2, 0) is 17.1 Å². The van der Waals surface area contributed by atoms with Crippen molar-refractivity contribution in [2.75, 3.05) is 0 Å². The summed E-state index contributed by atoms with van der Waals surface area (Å²) in [4.78, 5) is 0. The van der Waals surface area contributed by atoms with Gasteiger partial charge in [-0.05, 0) is 25.7 Å². The third-order valence-corrected chi connectivity index (χ3v) is 1.33. The predicted octanol–water partition coefficient (Wildman–Crippen LogP) is 2.67. The van der Waals surface area contributed by atoms with Gasteiger partial charge in [-0.25, -0.2) is 0 Å². The molecule has 1 rings (SSSR count). The summed E-state index contributed by atoms with van der Waals surface area (Å²) >= 11 is 0. The van der Waals surface area contributed by atoms with Crippen LogP contribution in [0.2, 0.25) is 0 Å². The van der Waals surface area contributed by atoms with Crippen molar-refractivity contribution in [2.24, 2.45) is 0 Å². The molecule has 0 heterocycles. The first-order valence-electron chi connectivity index (χ1n) is 3.30. The Morgan fingerprint density at radius 3 is 1.00 bits per heavy atom. The maximum atomic E-state index is 2.27. The molecule has 10 heavy (non-hydrogen) atoms. The van der Waals surface area contributed by atoms with E-state index < -0.39 is 0 Å². The summed E-state index contributed by atoms with van der Waals surface area (Å²) in [7, 11) is 0. The van der Waals surface area contributed by atoms with Crippen molar-refractivity contribution >= 4 is 0 Å². The van der Waals surface area contributed by atoms with Gasteiger partial charge in [0.05, 0.1) is 0 Å². The Morgan fingerprint density at radius 1 is 0.600 bits per heavy atom. The van der Waals surface area contributed by atoms with Crippen LogP contribution in [0.15, 0.2) is 24.3 Å². The third-order valence-electron chi connectivity index (χ3n) is 1.33. The van der Waals surface area contributed by atoms with Crippen LogP contribution in [0.4, 0.5) is 0 Å². The monoisotopic (exact) mass is 206 g/mol. The molecule has 0 aliphatic heterocycles. The van der Waals surface area contributed by atoms with E-state index in [1.807, 2.05) is 0 Å². The molecule has 1 aliphatic carbocycles. The average Bonchev–Trinajstić information content (AvgIpc) is 1.62. The second-order valence-electron chi connectivity index (χ2n) is 2.10. The molecule has 0 aromatic rings. The van der Waals surface area contributed by atoms with Crippen LogP contribution < -0.4 is 0 Å². The maximum Gasteiger partial charge on any atom is 1.00 e. The van der Waals surface area contributed by atoms with Crippen molar-refractivity contribution in [3.63, 3.8) is 0 Å². The first-order valence-corrected chi connectivity index (χ1v) is 3.30. The maximum absolute atomic E-state index is 2.27. The van der Waals surface area contributed by atoms with E-state index in [1.165, 1.54) is 25.7 Å². The summed E-state index contributed by atoms with van der Waals surface area (Å²) in [5.74, 6) is 0. The molecule has 0 aromatic heterocycles. The van der Waals surface area contributed by atoms with Crippen molar-refractivity contribution in [3.8, 4) is 0 Å². The summed E-state index contributed by atoms with van der Waals surface area (Å²) in [6.07, 6.45) is 14.0. The molecular formula is C8H12ClCu+2. The molecule has 0 N–H and O–H groups in total. The molecule has 60 valence electrons. The Morgan fingerprint density at radius 2 is 0.800 bits per heavy atom. The molecule has 0 bridgehead atoms. The number of hydrogen-bond acceptors (Lipinski definition) is 0. The van der Waals surface area contributed by atoms with Gasteiger partial charge in [-0.15, -0.1) is 0 Å². The smallest absolute Gasteiger partial charge is 0.0882 e. The van der Waals surface area contributed by atoms with Gasteiger partial charge in [0, 0.05) is 0 Å². The predicted molar refractivity (Wildman–Crippen MR) is 36.7 cm³/mol. The van der Waals surface area contributed by atoms with Crippen LogP contribution in [0.5, 0.6) is 0 Å². The van der Waals surface area contributed by atoms with E-state index >= 15 is 0 Å². The van der Waals surface area contributed by atoms with E-state index in [9.17, 15) is 0 Å². The van der Waals surface area contributed by atoms with Crippen LogP contribution in [-0.4, -0.2) is 0 Å². The molecule has 0 saturated heterocycles. The van der Waals surface area contributed by atoms with Gasteiger partial charge < -0.3 is 0 Å². The Kier molecular flexibility index (Phi) is 12.0. The van der Waals surface area contributed by atoms with Gasteiger partial charge in [-0.3, -0.25) is 0 Å². The minimum absolute atomic E-state index is 0. The zero-order valence-corrected chi connectivity index (χ0v) is 7.51. The quantitative estimate of drug-likeness (QED) is 0.423. The van der Waals surface area contributed by atoms with Crippen molar-refractivity contribution < 1.29 is 29.5 Å². The number of rotatable bonds is 0. The van der Waals surface area contributed by atoms with E-state index in [1.54, 1.807) is 0 Å². The largest absolute Gasteiger partial charge is 1.00 e. The van der Waals surface area contributed by atoms with E-state index in [0.29, 0.717) is 0 Å². The molecule has 0 nitrogen and oxygen atoms in total. The summed E-state index contributed by atoms with van der Waals surface area (Å²) in [6, 6.07) is 0. The Balaban J connectivity index is 0. The van der Waals surface area contributed by atoms with Crippen LogP contribution in [0.25, 0.3) is 0 Å². The Hall–Kier alpha value is 0.289. The fraction of sp³-hybridized carbons (Fsp3) is 0.500. The van der Waals surface area contributed by atoms with Crippen molar-refractivity contribution in [1.29, 1.82) is 0 Å². The van der Waals surface area contributed by atoms with Crippen LogP contribution >= 0.6 is 0 Å². The SMILES string of the molecule is C1=CCCC=CCC1.[Cl+].[Cu+]. The third kappa shape index (κ3) is 6.41. The Labute approximate surface area is 79.7 Å². The van der Waals surface area contributed by atoms with Gasteiger partial charge in [0.1, 0.15) is 0 Å². The summed E-state index contributed by atoms with van der Waals surface area (Å²) < 4.78 is 0. The second kappa shape index (κ2) is 9.29. The summed E-state index contributed by atoms with van der Waals surface area (Å²) in [6.45, 7) is 0. The molecule has 2 radical (unpaired) electrons. The molecule has 0 fully saturated rings. The molecule has 0 spiro atoms. The van der Waals surface area contributed by atoms with Crippen molar-refractivity contribution in [1.82, 2.24) is 0 Å².